The number of nitrogens with zero attached hydrogens (tertiary/aromatic N) is 3. The summed E-state index contributed by atoms with van der Waals surface area (Å²) in [4.78, 5) is 16.8. The number of aromatic amines is 1. The summed E-state index contributed by atoms with van der Waals surface area (Å²) in [5, 5.41) is 10.4. The van der Waals surface area contributed by atoms with Crippen LogP contribution in [0.4, 0.5) is 0 Å². The second kappa shape index (κ2) is 10.3. The van der Waals surface area contributed by atoms with Crippen LogP contribution in [0.15, 0.2) is 34.3 Å². The molecule has 2 heterocycles. The molecule has 0 spiro atoms. The van der Waals surface area contributed by atoms with Gasteiger partial charge in [-0.25, -0.2) is 13.4 Å². The van der Waals surface area contributed by atoms with E-state index in [0.29, 0.717) is 55.7 Å². The quantitative estimate of drug-likeness (QED) is 0.439. The van der Waals surface area contributed by atoms with Crippen LogP contribution in [-0.2, 0) is 14.8 Å². The van der Waals surface area contributed by atoms with Crippen molar-refractivity contribution in [1.82, 2.24) is 24.8 Å². The summed E-state index contributed by atoms with van der Waals surface area (Å²) in [5.41, 5.74) is 0. The minimum atomic E-state index is -3.57. The minimum Gasteiger partial charge on any atom is -0.494 e. The van der Waals surface area contributed by atoms with Gasteiger partial charge in [-0.05, 0) is 51.0 Å². The van der Waals surface area contributed by atoms with E-state index in [1.807, 2.05) is 13.8 Å². The van der Waals surface area contributed by atoms with Crippen LogP contribution < -0.4 is 10.1 Å². The lowest BCUT2D eigenvalue weighted by atomic mass is 9.97. The summed E-state index contributed by atoms with van der Waals surface area (Å²) in [7, 11) is -3.57. The number of carbonyl (C=O) groups is 1. The van der Waals surface area contributed by atoms with Gasteiger partial charge in [-0.1, -0.05) is 11.8 Å². The molecule has 1 aromatic heterocycles. The van der Waals surface area contributed by atoms with Gasteiger partial charge < -0.3 is 10.1 Å². The molecular formula is C19H27N5O4S2. The number of piperidine rings is 1. The highest BCUT2D eigenvalue weighted by Gasteiger charge is 2.32. The van der Waals surface area contributed by atoms with Gasteiger partial charge in [0.1, 0.15) is 11.6 Å². The Balaban J connectivity index is 1.44. The first kappa shape index (κ1) is 22.6. The number of aromatic nitrogens is 3. The Morgan fingerprint density at radius 1 is 1.30 bits per heavy atom. The molecule has 2 N–H and O–H groups in total. The molecule has 0 saturated carbocycles. The summed E-state index contributed by atoms with van der Waals surface area (Å²) in [6.45, 7) is 5.42. The Morgan fingerprint density at radius 2 is 2.00 bits per heavy atom. The number of hydrogen-bond acceptors (Lipinski definition) is 7. The number of thioether (sulfide) groups is 1. The number of nitrogens with one attached hydrogen (secondary N) is 2. The molecule has 0 bridgehead atoms. The van der Waals surface area contributed by atoms with Crippen LogP contribution in [0, 0.1) is 12.8 Å². The van der Waals surface area contributed by atoms with Gasteiger partial charge in [0.2, 0.25) is 21.1 Å². The van der Waals surface area contributed by atoms with E-state index in [4.69, 9.17) is 4.74 Å². The molecule has 1 fully saturated rings. The first-order valence-electron chi connectivity index (χ1n) is 9.92. The van der Waals surface area contributed by atoms with Gasteiger partial charge in [0.25, 0.3) is 0 Å². The van der Waals surface area contributed by atoms with Crippen LogP contribution >= 0.6 is 11.8 Å². The number of hydrogen-bond donors (Lipinski definition) is 2. The fraction of sp³-hybridized carbons (Fsp3) is 0.526. The van der Waals surface area contributed by atoms with Crippen LogP contribution in [0.25, 0.3) is 0 Å². The van der Waals surface area contributed by atoms with Crippen LogP contribution in [0.2, 0.25) is 0 Å². The monoisotopic (exact) mass is 453 g/mol. The first-order valence-corrected chi connectivity index (χ1v) is 12.3. The van der Waals surface area contributed by atoms with Crippen LogP contribution in [-0.4, -0.2) is 65.8 Å². The van der Waals surface area contributed by atoms with Gasteiger partial charge >= 0.3 is 0 Å². The maximum absolute atomic E-state index is 12.8. The van der Waals surface area contributed by atoms with E-state index >= 15 is 0 Å². The molecule has 0 aliphatic carbocycles. The topological polar surface area (TPSA) is 117 Å². The maximum atomic E-state index is 12.8. The highest BCUT2D eigenvalue weighted by Crippen LogP contribution is 2.25. The number of rotatable bonds is 9. The molecule has 0 unspecified atom stereocenters. The molecule has 0 atom stereocenters. The van der Waals surface area contributed by atoms with Crippen LogP contribution in [0.5, 0.6) is 5.75 Å². The van der Waals surface area contributed by atoms with Crippen molar-refractivity contribution in [3.8, 4) is 5.75 Å². The molecule has 1 aromatic carbocycles. The first-order chi connectivity index (χ1) is 14.4. The van der Waals surface area contributed by atoms with Crippen molar-refractivity contribution < 1.29 is 17.9 Å². The molecule has 1 amide bonds. The summed E-state index contributed by atoms with van der Waals surface area (Å²) >= 11 is 1.47. The van der Waals surface area contributed by atoms with Gasteiger partial charge in [-0.3, -0.25) is 9.89 Å². The van der Waals surface area contributed by atoms with Crippen molar-refractivity contribution in [2.45, 2.75) is 36.7 Å². The van der Waals surface area contributed by atoms with Crippen LogP contribution in [0.1, 0.15) is 25.6 Å². The Morgan fingerprint density at radius 3 is 2.60 bits per heavy atom. The van der Waals surface area contributed by atoms with Crippen molar-refractivity contribution in [2.75, 3.05) is 32.0 Å². The molecule has 164 valence electrons. The molecule has 11 heteroatoms. The fourth-order valence-electron chi connectivity index (χ4n) is 3.23. The molecule has 1 aliphatic rings. The Labute approximate surface area is 181 Å². The summed E-state index contributed by atoms with van der Waals surface area (Å²) in [5.74, 6) is 1.87. The highest BCUT2D eigenvalue weighted by molar-refractivity contribution is 7.99. The Bertz CT molecular complexity index is 938. The number of ether oxygens (including phenoxy) is 1. The molecule has 30 heavy (non-hydrogen) atoms. The summed E-state index contributed by atoms with van der Waals surface area (Å²) in [6.07, 6.45) is 1.02. The van der Waals surface area contributed by atoms with E-state index in [9.17, 15) is 13.2 Å². The van der Waals surface area contributed by atoms with Crippen molar-refractivity contribution in [1.29, 1.82) is 0 Å². The lowest BCUT2D eigenvalue weighted by molar-refractivity contribution is -0.125. The molecule has 0 radical (unpaired) electrons. The number of amides is 1. The minimum absolute atomic E-state index is 0.0279. The summed E-state index contributed by atoms with van der Waals surface area (Å²) < 4.78 is 32.5. The van der Waals surface area contributed by atoms with Gasteiger partial charge in [0, 0.05) is 31.3 Å². The van der Waals surface area contributed by atoms with Gasteiger partial charge in [0.15, 0.2) is 0 Å². The van der Waals surface area contributed by atoms with E-state index in [0.717, 1.165) is 5.82 Å². The fourth-order valence-corrected chi connectivity index (χ4v) is 5.40. The maximum Gasteiger partial charge on any atom is 0.243 e. The van der Waals surface area contributed by atoms with Crippen LogP contribution in [0.3, 0.4) is 0 Å². The number of aryl methyl sites for hydroxylation is 1. The normalized spacial score (nSPS) is 15.8. The van der Waals surface area contributed by atoms with Crippen molar-refractivity contribution in [2.24, 2.45) is 5.92 Å². The molecule has 3 rings (SSSR count). The molecule has 1 aliphatic heterocycles. The second-order valence-corrected chi connectivity index (χ2v) is 9.93. The van der Waals surface area contributed by atoms with Gasteiger partial charge in [0.05, 0.1) is 11.5 Å². The van der Waals surface area contributed by atoms with Crippen molar-refractivity contribution in [3.63, 3.8) is 0 Å². The van der Waals surface area contributed by atoms with E-state index in [1.165, 1.54) is 16.1 Å². The van der Waals surface area contributed by atoms with Crippen molar-refractivity contribution >= 4 is 27.7 Å². The zero-order chi connectivity index (χ0) is 21.6. The van der Waals surface area contributed by atoms with Crippen molar-refractivity contribution in [3.05, 3.63) is 30.1 Å². The zero-order valence-electron chi connectivity index (χ0n) is 17.1. The smallest absolute Gasteiger partial charge is 0.243 e. The summed E-state index contributed by atoms with van der Waals surface area (Å²) in [6, 6.07) is 6.45. The van der Waals surface area contributed by atoms with E-state index < -0.39 is 10.0 Å². The highest BCUT2D eigenvalue weighted by atomic mass is 32.2. The molecule has 1 saturated heterocycles. The van der Waals surface area contributed by atoms with Gasteiger partial charge in [-0.15, -0.1) is 5.10 Å². The average Bonchev–Trinajstić information content (AvgIpc) is 3.17. The molecular weight excluding hydrogens is 426 g/mol. The standard InChI is InChI=1S/C19H27N5O4S2/c1-3-28-16-4-6-17(7-5-16)30(26,27)24-11-8-15(9-12-24)18(25)20-10-13-29-19-21-14(2)22-23-19/h4-7,15H,3,8-13H2,1-2H3,(H,20,25)(H,21,22,23). The predicted octanol–water partition coefficient (Wildman–Crippen LogP) is 1.82. The third kappa shape index (κ3) is 5.73. The van der Waals surface area contributed by atoms with E-state index in [1.54, 1.807) is 24.3 Å². The third-order valence-corrected chi connectivity index (χ3v) is 7.57. The van der Waals surface area contributed by atoms with E-state index in [-0.39, 0.29) is 16.7 Å². The number of carbonyl (C=O) groups excluding carboxylic acids is 1. The number of benzene rings is 1. The number of H-pyrrole nitrogens is 1. The predicted molar refractivity (Wildman–Crippen MR) is 114 cm³/mol. The lowest BCUT2D eigenvalue weighted by Crippen LogP contribution is -2.43. The van der Waals surface area contributed by atoms with E-state index in [2.05, 4.69) is 20.5 Å². The SMILES string of the molecule is CCOc1ccc(S(=O)(=O)N2CCC(C(=O)NCCSc3n[nH]c(C)n3)CC2)cc1. The van der Waals surface area contributed by atoms with Gasteiger partial charge in [-0.2, -0.15) is 4.31 Å². The lowest BCUT2D eigenvalue weighted by Gasteiger charge is -2.30. The molecule has 9 nitrogen and oxygen atoms in total. The largest absolute Gasteiger partial charge is 0.494 e. The molecule has 2 aromatic rings. The Kier molecular flexibility index (Phi) is 7.73. The number of sulfonamides is 1. The second-order valence-electron chi connectivity index (χ2n) is 6.93. The average molecular weight is 454 g/mol. The Hall–Kier alpha value is -2.11. The third-order valence-electron chi connectivity index (χ3n) is 4.81. The zero-order valence-corrected chi connectivity index (χ0v) is 18.8.